The Morgan fingerprint density at radius 3 is 2.88 bits per heavy atom. The fourth-order valence-electron chi connectivity index (χ4n) is 2.41. The van der Waals surface area contributed by atoms with Crippen LogP contribution in [0, 0.1) is 5.92 Å². The van der Waals surface area contributed by atoms with E-state index < -0.39 is 5.54 Å². The first-order chi connectivity index (χ1) is 7.50. The summed E-state index contributed by atoms with van der Waals surface area (Å²) in [6, 6.07) is 0. The lowest BCUT2D eigenvalue weighted by Crippen LogP contribution is -2.51. The van der Waals surface area contributed by atoms with Gasteiger partial charge in [-0.1, -0.05) is 20.3 Å². The molecule has 1 saturated carbocycles. The smallest absolute Gasteiger partial charge is 0.326 e. The predicted octanol–water partition coefficient (Wildman–Crippen LogP) is 2.19. The molecule has 0 aromatic rings. The normalized spacial score (nSPS) is 29.7. The van der Waals surface area contributed by atoms with Crippen LogP contribution in [0.5, 0.6) is 0 Å². The Morgan fingerprint density at radius 2 is 2.31 bits per heavy atom. The first kappa shape index (κ1) is 13.8. The zero-order valence-corrected chi connectivity index (χ0v) is 11.3. The Balaban J connectivity index is 2.48. The largest absolute Gasteiger partial charge is 0.468 e. The quantitative estimate of drug-likeness (QED) is 0.754. The fourth-order valence-corrected chi connectivity index (χ4v) is 3.30. The highest BCUT2D eigenvalue weighted by Gasteiger charge is 2.46. The average molecular weight is 245 g/mol. The summed E-state index contributed by atoms with van der Waals surface area (Å²) in [6.07, 6.45) is 3.90. The number of ether oxygens (including phenoxy) is 1. The second kappa shape index (κ2) is 5.92. The number of carbonyl (C=O) groups is 1. The fraction of sp³-hybridized carbons (Fsp3) is 0.917. The van der Waals surface area contributed by atoms with Crippen molar-refractivity contribution in [2.75, 3.05) is 12.9 Å². The van der Waals surface area contributed by atoms with Crippen LogP contribution < -0.4 is 5.73 Å². The Morgan fingerprint density at radius 1 is 1.62 bits per heavy atom. The van der Waals surface area contributed by atoms with Gasteiger partial charge in [0.05, 0.1) is 7.11 Å². The van der Waals surface area contributed by atoms with Gasteiger partial charge in [0.2, 0.25) is 0 Å². The first-order valence-electron chi connectivity index (χ1n) is 5.99. The monoisotopic (exact) mass is 245 g/mol. The molecule has 1 aliphatic rings. The Labute approximate surface area is 102 Å². The summed E-state index contributed by atoms with van der Waals surface area (Å²) >= 11 is 1.93. The van der Waals surface area contributed by atoms with E-state index in [1.807, 2.05) is 11.8 Å². The van der Waals surface area contributed by atoms with Crippen molar-refractivity contribution < 1.29 is 9.53 Å². The second-order valence-corrected chi connectivity index (χ2v) is 6.51. The molecule has 2 unspecified atom stereocenters. The molecule has 0 aromatic carbocycles. The van der Waals surface area contributed by atoms with Gasteiger partial charge in [-0.25, -0.2) is 0 Å². The van der Waals surface area contributed by atoms with E-state index in [-0.39, 0.29) is 5.97 Å². The third kappa shape index (κ3) is 3.14. The van der Waals surface area contributed by atoms with Gasteiger partial charge in [-0.05, 0) is 36.2 Å². The molecule has 0 heterocycles. The van der Waals surface area contributed by atoms with Crippen molar-refractivity contribution in [2.45, 2.75) is 50.3 Å². The van der Waals surface area contributed by atoms with Crippen molar-refractivity contribution >= 4 is 17.7 Å². The predicted molar refractivity (Wildman–Crippen MR) is 68.5 cm³/mol. The van der Waals surface area contributed by atoms with Gasteiger partial charge in [0, 0.05) is 0 Å². The van der Waals surface area contributed by atoms with Crippen LogP contribution >= 0.6 is 11.8 Å². The lowest BCUT2D eigenvalue weighted by Gasteiger charge is -2.28. The van der Waals surface area contributed by atoms with Crippen molar-refractivity contribution in [2.24, 2.45) is 11.7 Å². The molecule has 1 fully saturated rings. The number of methoxy groups -OCH3 is 1. The van der Waals surface area contributed by atoms with Crippen LogP contribution in [-0.2, 0) is 9.53 Å². The average Bonchev–Trinajstić information content (AvgIpc) is 2.60. The lowest BCUT2D eigenvalue weighted by atomic mass is 9.86. The van der Waals surface area contributed by atoms with Crippen LogP contribution in [-0.4, -0.2) is 29.6 Å². The standard InChI is InChI=1S/C12H23NO2S/c1-9(2)16-8-6-10-5-4-7-12(10,13)11(14)15-3/h9-10H,4-8,13H2,1-3H3. The minimum absolute atomic E-state index is 0.232. The lowest BCUT2D eigenvalue weighted by molar-refractivity contribution is -0.148. The summed E-state index contributed by atoms with van der Waals surface area (Å²) in [4.78, 5) is 11.7. The van der Waals surface area contributed by atoms with Crippen LogP contribution in [0.3, 0.4) is 0 Å². The van der Waals surface area contributed by atoms with E-state index in [0.29, 0.717) is 11.2 Å². The highest BCUT2D eigenvalue weighted by atomic mass is 32.2. The van der Waals surface area contributed by atoms with E-state index in [4.69, 9.17) is 10.5 Å². The second-order valence-electron chi connectivity index (χ2n) is 4.83. The molecule has 0 spiro atoms. The molecule has 94 valence electrons. The maximum atomic E-state index is 11.7. The van der Waals surface area contributed by atoms with E-state index in [2.05, 4.69) is 13.8 Å². The summed E-state index contributed by atoms with van der Waals surface area (Å²) in [7, 11) is 1.43. The molecular weight excluding hydrogens is 222 g/mol. The number of thioether (sulfide) groups is 1. The van der Waals surface area contributed by atoms with Crippen LogP contribution in [0.1, 0.15) is 39.5 Å². The zero-order chi connectivity index (χ0) is 12.2. The number of rotatable bonds is 5. The van der Waals surface area contributed by atoms with Crippen LogP contribution in [0.2, 0.25) is 0 Å². The summed E-state index contributed by atoms with van der Waals surface area (Å²) < 4.78 is 4.82. The summed E-state index contributed by atoms with van der Waals surface area (Å²) in [5.41, 5.74) is 5.47. The molecule has 0 amide bonds. The Kier molecular flexibility index (Phi) is 5.12. The van der Waals surface area contributed by atoms with Gasteiger partial charge < -0.3 is 10.5 Å². The number of hydrogen-bond acceptors (Lipinski definition) is 4. The van der Waals surface area contributed by atoms with Crippen molar-refractivity contribution in [3.8, 4) is 0 Å². The van der Waals surface area contributed by atoms with Crippen molar-refractivity contribution in [1.29, 1.82) is 0 Å². The molecule has 4 heteroatoms. The van der Waals surface area contributed by atoms with Gasteiger partial charge in [-0.2, -0.15) is 11.8 Å². The van der Waals surface area contributed by atoms with Crippen molar-refractivity contribution in [3.63, 3.8) is 0 Å². The maximum absolute atomic E-state index is 11.7. The number of esters is 1. The topological polar surface area (TPSA) is 52.3 Å². The molecule has 0 saturated heterocycles. The van der Waals surface area contributed by atoms with E-state index in [9.17, 15) is 4.79 Å². The number of nitrogens with two attached hydrogens (primary N) is 1. The molecular formula is C12H23NO2S. The molecule has 2 atom stereocenters. The third-order valence-electron chi connectivity index (χ3n) is 3.35. The SMILES string of the molecule is COC(=O)C1(N)CCCC1CCSC(C)C. The minimum Gasteiger partial charge on any atom is -0.468 e. The van der Waals surface area contributed by atoms with Crippen LogP contribution in [0.25, 0.3) is 0 Å². The van der Waals surface area contributed by atoms with Gasteiger partial charge in [-0.3, -0.25) is 4.79 Å². The van der Waals surface area contributed by atoms with E-state index in [1.165, 1.54) is 7.11 Å². The van der Waals surface area contributed by atoms with Gasteiger partial charge in [0.25, 0.3) is 0 Å². The van der Waals surface area contributed by atoms with Crippen LogP contribution in [0.4, 0.5) is 0 Å². The first-order valence-corrected chi connectivity index (χ1v) is 7.04. The van der Waals surface area contributed by atoms with E-state index >= 15 is 0 Å². The molecule has 2 N–H and O–H groups in total. The minimum atomic E-state index is -0.716. The van der Waals surface area contributed by atoms with Crippen LogP contribution in [0.15, 0.2) is 0 Å². The van der Waals surface area contributed by atoms with E-state index in [0.717, 1.165) is 31.4 Å². The Bertz CT molecular complexity index is 245. The Hall–Kier alpha value is -0.220. The molecule has 0 aromatic heterocycles. The highest BCUT2D eigenvalue weighted by molar-refractivity contribution is 7.99. The summed E-state index contributed by atoms with van der Waals surface area (Å²) in [5.74, 6) is 1.15. The third-order valence-corrected chi connectivity index (χ3v) is 4.49. The number of hydrogen-bond donors (Lipinski definition) is 1. The highest BCUT2D eigenvalue weighted by Crippen LogP contribution is 2.37. The van der Waals surface area contributed by atoms with Gasteiger partial charge in [-0.15, -0.1) is 0 Å². The molecule has 16 heavy (non-hydrogen) atoms. The van der Waals surface area contributed by atoms with Crippen molar-refractivity contribution in [3.05, 3.63) is 0 Å². The van der Waals surface area contributed by atoms with Gasteiger partial charge in [0.1, 0.15) is 5.54 Å². The molecule has 0 bridgehead atoms. The number of carbonyl (C=O) groups excluding carboxylic acids is 1. The maximum Gasteiger partial charge on any atom is 0.326 e. The summed E-state index contributed by atoms with van der Waals surface area (Å²) in [6.45, 7) is 4.38. The molecule has 0 radical (unpaired) electrons. The zero-order valence-electron chi connectivity index (χ0n) is 10.5. The van der Waals surface area contributed by atoms with Crippen molar-refractivity contribution in [1.82, 2.24) is 0 Å². The van der Waals surface area contributed by atoms with Gasteiger partial charge >= 0.3 is 5.97 Å². The molecule has 1 aliphatic carbocycles. The molecule has 1 rings (SSSR count). The summed E-state index contributed by atoms with van der Waals surface area (Å²) in [5, 5.41) is 0.645. The molecule has 0 aliphatic heterocycles. The molecule has 3 nitrogen and oxygen atoms in total. The van der Waals surface area contributed by atoms with E-state index in [1.54, 1.807) is 0 Å². The van der Waals surface area contributed by atoms with Gasteiger partial charge in [0.15, 0.2) is 0 Å².